The molecular weight excluding hydrogens is 426 g/mol. The molecule has 3 aromatic rings. The van der Waals surface area contributed by atoms with Crippen LogP contribution >= 0.6 is 0 Å². The van der Waals surface area contributed by atoms with Gasteiger partial charge >= 0.3 is 5.97 Å². The van der Waals surface area contributed by atoms with Gasteiger partial charge in [-0.3, -0.25) is 4.79 Å². The highest BCUT2D eigenvalue weighted by atomic mass is 32.2. The first-order valence-electron chi connectivity index (χ1n) is 10.3. The second-order valence-electron chi connectivity index (χ2n) is 7.72. The van der Waals surface area contributed by atoms with E-state index in [2.05, 4.69) is 0 Å². The van der Waals surface area contributed by atoms with E-state index >= 15 is 0 Å². The molecule has 0 bridgehead atoms. The summed E-state index contributed by atoms with van der Waals surface area (Å²) in [6, 6.07) is 16.3. The van der Waals surface area contributed by atoms with Gasteiger partial charge in [-0.25, -0.2) is 13.2 Å². The number of ether oxygens (including phenoxy) is 1. The van der Waals surface area contributed by atoms with Gasteiger partial charge in [0.15, 0.2) is 0 Å². The van der Waals surface area contributed by atoms with Crippen molar-refractivity contribution in [2.24, 2.45) is 0 Å². The van der Waals surface area contributed by atoms with Crippen molar-refractivity contribution in [3.8, 4) is 0 Å². The molecule has 1 amide bonds. The molecule has 0 spiro atoms. The number of benzene rings is 3. The quantitative estimate of drug-likeness (QED) is 0.549. The lowest BCUT2D eigenvalue weighted by Gasteiger charge is -2.24. The first-order valence-corrected chi connectivity index (χ1v) is 11.8. The first-order chi connectivity index (χ1) is 15.2. The van der Waals surface area contributed by atoms with Crippen LogP contribution in [-0.4, -0.2) is 26.9 Å². The molecule has 1 aliphatic heterocycles. The van der Waals surface area contributed by atoms with E-state index in [0.717, 1.165) is 16.7 Å². The Bertz CT molecular complexity index is 1340. The third-order valence-electron chi connectivity index (χ3n) is 5.54. The second kappa shape index (κ2) is 8.24. The van der Waals surface area contributed by atoms with Crippen LogP contribution in [0.2, 0.25) is 0 Å². The Morgan fingerprint density at radius 1 is 0.969 bits per heavy atom. The van der Waals surface area contributed by atoms with Crippen LogP contribution in [0.3, 0.4) is 0 Å². The summed E-state index contributed by atoms with van der Waals surface area (Å²) in [6.45, 7) is 5.94. The van der Waals surface area contributed by atoms with Crippen molar-refractivity contribution in [2.45, 2.75) is 37.1 Å². The van der Waals surface area contributed by atoms with Crippen LogP contribution in [0.1, 0.15) is 44.3 Å². The zero-order chi connectivity index (χ0) is 23.0. The number of aryl methyl sites for hydroxylation is 2. The molecule has 0 unspecified atom stereocenters. The van der Waals surface area contributed by atoms with Crippen molar-refractivity contribution in [3.63, 3.8) is 0 Å². The van der Waals surface area contributed by atoms with Gasteiger partial charge in [0.2, 0.25) is 9.84 Å². The Morgan fingerprint density at radius 3 is 2.47 bits per heavy atom. The molecule has 1 heterocycles. The molecule has 3 aromatic carbocycles. The molecule has 0 saturated carbocycles. The van der Waals surface area contributed by atoms with Gasteiger partial charge in [0, 0.05) is 0 Å². The number of rotatable bonds is 4. The highest BCUT2D eigenvalue weighted by molar-refractivity contribution is 7.91. The lowest BCUT2D eigenvalue weighted by molar-refractivity contribution is 0.0526. The Balaban J connectivity index is 1.97. The van der Waals surface area contributed by atoms with Crippen molar-refractivity contribution in [1.82, 2.24) is 0 Å². The summed E-state index contributed by atoms with van der Waals surface area (Å²) < 4.78 is 32.1. The average Bonchev–Trinajstić information content (AvgIpc) is 2.84. The monoisotopic (exact) mass is 449 g/mol. The van der Waals surface area contributed by atoms with E-state index in [4.69, 9.17) is 4.74 Å². The van der Waals surface area contributed by atoms with E-state index in [9.17, 15) is 18.0 Å². The summed E-state index contributed by atoms with van der Waals surface area (Å²) in [7, 11) is -3.98. The molecular formula is C25H23NO5S. The second-order valence-corrected chi connectivity index (χ2v) is 9.61. The van der Waals surface area contributed by atoms with E-state index < -0.39 is 21.7 Å². The fourth-order valence-corrected chi connectivity index (χ4v) is 5.48. The normalized spacial score (nSPS) is 14.3. The molecule has 4 rings (SSSR count). The number of hydrogen-bond acceptors (Lipinski definition) is 5. The third kappa shape index (κ3) is 3.69. The molecule has 0 N–H and O–H groups in total. The van der Waals surface area contributed by atoms with Gasteiger partial charge < -0.3 is 9.64 Å². The fraction of sp³-hybridized carbons (Fsp3) is 0.200. The predicted octanol–water partition coefficient (Wildman–Crippen LogP) is 4.47. The van der Waals surface area contributed by atoms with Gasteiger partial charge in [0.1, 0.15) is 0 Å². The van der Waals surface area contributed by atoms with Crippen LogP contribution in [0.25, 0.3) is 0 Å². The standard InChI is InChI=1S/C25H23NO5S/c1-4-31-25(28)18-11-12-23-21(14-18)26(15-19-13-16(2)9-10-17(19)3)24(27)20-7-5-6-8-22(20)32(23,29)30/h5-14H,4,15H2,1-3H3. The number of hydrogen-bond donors (Lipinski definition) is 0. The van der Waals surface area contributed by atoms with Gasteiger partial charge in [-0.05, 0) is 62.2 Å². The lowest BCUT2D eigenvalue weighted by atomic mass is 10.0. The molecule has 0 saturated heterocycles. The number of carbonyl (C=O) groups excluding carboxylic acids is 2. The number of esters is 1. The van der Waals surface area contributed by atoms with Crippen LogP contribution in [0, 0.1) is 13.8 Å². The van der Waals surface area contributed by atoms with Crippen molar-refractivity contribution in [2.75, 3.05) is 11.5 Å². The molecule has 32 heavy (non-hydrogen) atoms. The van der Waals surface area contributed by atoms with E-state index in [1.807, 2.05) is 32.0 Å². The van der Waals surface area contributed by atoms with Gasteiger partial charge in [0.05, 0.1) is 39.8 Å². The Hall–Kier alpha value is -3.45. The maximum Gasteiger partial charge on any atom is 0.338 e. The SMILES string of the molecule is CCOC(=O)c1ccc2c(c1)N(Cc1cc(C)ccc1C)C(=O)c1ccccc1S2(=O)=O. The molecule has 0 aliphatic carbocycles. The van der Waals surface area contributed by atoms with Gasteiger partial charge in [-0.1, -0.05) is 35.9 Å². The first kappa shape index (κ1) is 21.8. The summed E-state index contributed by atoms with van der Waals surface area (Å²) in [6.07, 6.45) is 0. The van der Waals surface area contributed by atoms with E-state index in [1.165, 1.54) is 35.2 Å². The van der Waals surface area contributed by atoms with Gasteiger partial charge in [0.25, 0.3) is 5.91 Å². The number of amides is 1. The number of anilines is 1. The van der Waals surface area contributed by atoms with Crippen molar-refractivity contribution in [3.05, 3.63) is 88.5 Å². The summed E-state index contributed by atoms with van der Waals surface area (Å²) >= 11 is 0. The Morgan fingerprint density at radius 2 is 1.72 bits per heavy atom. The van der Waals surface area contributed by atoms with E-state index in [0.29, 0.717) is 0 Å². The van der Waals surface area contributed by atoms with Crippen LogP contribution < -0.4 is 4.90 Å². The number of nitrogens with zero attached hydrogens (tertiary/aromatic N) is 1. The summed E-state index contributed by atoms with van der Waals surface area (Å²) in [5.41, 5.74) is 3.35. The van der Waals surface area contributed by atoms with Crippen LogP contribution in [0.4, 0.5) is 5.69 Å². The average molecular weight is 450 g/mol. The van der Waals surface area contributed by atoms with Crippen molar-refractivity contribution < 1.29 is 22.7 Å². The maximum atomic E-state index is 13.6. The third-order valence-corrected chi connectivity index (χ3v) is 7.39. The van der Waals surface area contributed by atoms with Gasteiger partial charge in [-0.2, -0.15) is 0 Å². The lowest BCUT2D eigenvalue weighted by Crippen LogP contribution is -2.31. The number of sulfone groups is 1. The summed E-state index contributed by atoms with van der Waals surface area (Å²) in [5, 5.41) is 0. The molecule has 0 radical (unpaired) electrons. The highest BCUT2D eigenvalue weighted by Crippen LogP contribution is 2.38. The number of carbonyl (C=O) groups is 2. The molecule has 1 aliphatic rings. The highest BCUT2D eigenvalue weighted by Gasteiger charge is 2.36. The largest absolute Gasteiger partial charge is 0.462 e. The molecule has 6 nitrogen and oxygen atoms in total. The Labute approximate surface area is 187 Å². The van der Waals surface area contributed by atoms with Crippen molar-refractivity contribution in [1.29, 1.82) is 0 Å². The zero-order valence-electron chi connectivity index (χ0n) is 18.1. The number of fused-ring (bicyclic) bond motifs is 2. The minimum atomic E-state index is -3.98. The van der Waals surface area contributed by atoms with Crippen LogP contribution in [0.15, 0.2) is 70.5 Å². The van der Waals surface area contributed by atoms with E-state index in [1.54, 1.807) is 19.1 Å². The van der Waals surface area contributed by atoms with Gasteiger partial charge in [-0.15, -0.1) is 0 Å². The van der Waals surface area contributed by atoms with Crippen molar-refractivity contribution >= 4 is 27.4 Å². The van der Waals surface area contributed by atoms with Crippen LogP contribution in [-0.2, 0) is 21.1 Å². The van der Waals surface area contributed by atoms with Crippen LogP contribution in [0.5, 0.6) is 0 Å². The zero-order valence-corrected chi connectivity index (χ0v) is 18.9. The smallest absolute Gasteiger partial charge is 0.338 e. The predicted molar refractivity (Wildman–Crippen MR) is 121 cm³/mol. The van der Waals surface area contributed by atoms with E-state index in [-0.39, 0.29) is 39.8 Å². The molecule has 0 atom stereocenters. The minimum absolute atomic E-state index is 0.0193. The Kier molecular flexibility index (Phi) is 5.60. The molecule has 0 aromatic heterocycles. The minimum Gasteiger partial charge on any atom is -0.462 e. The molecule has 0 fully saturated rings. The summed E-state index contributed by atoms with van der Waals surface area (Å²) in [5.74, 6) is -1.02. The topological polar surface area (TPSA) is 80.8 Å². The summed E-state index contributed by atoms with van der Waals surface area (Å²) in [4.78, 5) is 27.4. The molecule has 7 heteroatoms. The fourth-order valence-electron chi connectivity index (χ4n) is 3.85. The molecule has 164 valence electrons. The maximum absolute atomic E-state index is 13.6.